The molecule has 0 spiro atoms. The highest BCUT2D eigenvalue weighted by atomic mass is 35.5. The van der Waals surface area contributed by atoms with Crippen molar-refractivity contribution in [1.82, 2.24) is 5.32 Å². The molecule has 2 aliphatic rings. The maximum absolute atomic E-state index is 12.3. The van der Waals surface area contributed by atoms with Crippen LogP contribution in [-0.4, -0.2) is 52.0 Å². The molecule has 1 aromatic carbocycles. The van der Waals surface area contributed by atoms with Crippen molar-refractivity contribution in [2.24, 2.45) is 0 Å². The van der Waals surface area contributed by atoms with Crippen molar-refractivity contribution < 1.29 is 26.4 Å². The van der Waals surface area contributed by atoms with Gasteiger partial charge in [-0.15, -0.1) is 0 Å². The summed E-state index contributed by atoms with van der Waals surface area (Å²) in [5.74, 6) is -1.45. The van der Waals surface area contributed by atoms with Crippen LogP contribution in [0.15, 0.2) is 18.2 Å². The summed E-state index contributed by atoms with van der Waals surface area (Å²) in [6.45, 7) is 0. The normalized spacial score (nSPS) is 24.4. The summed E-state index contributed by atoms with van der Waals surface area (Å²) < 4.78 is 47.4. The number of carbonyl (C=O) groups is 2. The first-order valence-corrected chi connectivity index (χ1v) is 11.3. The number of nitrogens with one attached hydrogen (secondary N) is 1. The first kappa shape index (κ1) is 18.2. The van der Waals surface area contributed by atoms with Crippen molar-refractivity contribution in [2.45, 2.75) is 18.9 Å². The Morgan fingerprint density at radius 3 is 2.44 bits per heavy atom. The van der Waals surface area contributed by atoms with E-state index in [0.717, 1.165) is 0 Å². The lowest BCUT2D eigenvalue weighted by Crippen LogP contribution is -2.35. The summed E-state index contributed by atoms with van der Waals surface area (Å²) in [5.41, 5.74) is 0.159. The molecule has 3 rings (SSSR count). The number of benzene rings is 1. The summed E-state index contributed by atoms with van der Waals surface area (Å²) >= 11 is 6.07. The van der Waals surface area contributed by atoms with E-state index >= 15 is 0 Å². The molecule has 25 heavy (non-hydrogen) atoms. The Morgan fingerprint density at radius 1 is 1.20 bits per heavy atom. The smallest absolute Gasteiger partial charge is 0.253 e. The van der Waals surface area contributed by atoms with Crippen LogP contribution in [-0.2, 0) is 24.7 Å². The molecule has 1 aromatic rings. The van der Waals surface area contributed by atoms with Gasteiger partial charge in [0.15, 0.2) is 9.84 Å². The predicted molar refractivity (Wildman–Crippen MR) is 91.9 cm³/mol. The fourth-order valence-electron chi connectivity index (χ4n) is 2.86. The molecule has 2 heterocycles. The van der Waals surface area contributed by atoms with Crippen molar-refractivity contribution in [3.8, 4) is 0 Å². The molecule has 1 N–H and O–H groups in total. The summed E-state index contributed by atoms with van der Waals surface area (Å²) in [6, 6.07) is 3.40. The van der Waals surface area contributed by atoms with Gasteiger partial charge in [-0.3, -0.25) is 9.59 Å². The molecule has 2 amide bonds. The Bertz CT molecular complexity index is 958. The van der Waals surface area contributed by atoms with E-state index in [-0.39, 0.29) is 40.0 Å². The number of sulfonamides is 1. The molecule has 0 aromatic heterocycles. The highest BCUT2D eigenvalue weighted by Gasteiger charge is 2.36. The van der Waals surface area contributed by atoms with Gasteiger partial charge in [0.2, 0.25) is 15.9 Å². The standard InChI is InChI=1S/C14H15ClN2O6S2/c15-12-7-10(17-13(18)4-6-25(17,22)23)1-2-11(12)14(19)16-9-3-5-24(20,21)8-9/h1-2,7,9H,3-6,8H2,(H,16,19). The number of sulfone groups is 1. The first-order valence-electron chi connectivity index (χ1n) is 7.46. The van der Waals surface area contributed by atoms with Crippen LogP contribution in [0.5, 0.6) is 0 Å². The summed E-state index contributed by atoms with van der Waals surface area (Å²) in [6.07, 6.45) is 0.239. The number of hydrogen-bond acceptors (Lipinski definition) is 6. The molecule has 0 aliphatic carbocycles. The molecule has 2 aliphatic heterocycles. The van der Waals surface area contributed by atoms with Crippen LogP contribution in [0.2, 0.25) is 5.02 Å². The molecule has 1 unspecified atom stereocenters. The van der Waals surface area contributed by atoms with Gasteiger partial charge in [0, 0.05) is 12.5 Å². The molecule has 11 heteroatoms. The van der Waals surface area contributed by atoms with Crippen molar-refractivity contribution in [3.63, 3.8) is 0 Å². The van der Waals surface area contributed by atoms with Crippen LogP contribution in [0.25, 0.3) is 0 Å². The highest BCUT2D eigenvalue weighted by molar-refractivity contribution is 7.94. The number of halogens is 1. The van der Waals surface area contributed by atoms with Gasteiger partial charge in [0.05, 0.1) is 33.5 Å². The van der Waals surface area contributed by atoms with E-state index in [0.29, 0.717) is 10.7 Å². The Labute approximate surface area is 150 Å². The van der Waals surface area contributed by atoms with Gasteiger partial charge in [0.25, 0.3) is 5.91 Å². The Hall–Kier alpha value is -1.65. The zero-order valence-corrected chi connectivity index (χ0v) is 15.3. The van der Waals surface area contributed by atoms with Gasteiger partial charge in [0.1, 0.15) is 0 Å². The molecule has 8 nitrogen and oxygen atoms in total. The van der Waals surface area contributed by atoms with Crippen LogP contribution in [0.1, 0.15) is 23.2 Å². The number of carbonyl (C=O) groups excluding carboxylic acids is 2. The number of anilines is 1. The van der Waals surface area contributed by atoms with Crippen LogP contribution >= 0.6 is 11.6 Å². The third-order valence-electron chi connectivity index (χ3n) is 4.08. The largest absolute Gasteiger partial charge is 0.348 e. The maximum Gasteiger partial charge on any atom is 0.253 e. The summed E-state index contributed by atoms with van der Waals surface area (Å²) in [5, 5.41) is 2.58. The summed E-state index contributed by atoms with van der Waals surface area (Å²) in [7, 11) is -6.84. The number of hydrogen-bond donors (Lipinski definition) is 1. The molecule has 2 saturated heterocycles. The lowest BCUT2D eigenvalue weighted by molar-refractivity contribution is -0.116. The molecular weight excluding hydrogens is 392 g/mol. The van der Waals surface area contributed by atoms with Gasteiger partial charge in [-0.05, 0) is 24.6 Å². The van der Waals surface area contributed by atoms with E-state index in [1.54, 1.807) is 0 Å². The van der Waals surface area contributed by atoms with Crippen LogP contribution < -0.4 is 9.62 Å². The van der Waals surface area contributed by atoms with Crippen molar-refractivity contribution in [1.29, 1.82) is 0 Å². The molecule has 2 fully saturated rings. The Kier molecular flexibility index (Phi) is 4.54. The fourth-order valence-corrected chi connectivity index (χ4v) is 6.24. The first-order chi connectivity index (χ1) is 11.6. The minimum atomic E-state index is -3.71. The van der Waals surface area contributed by atoms with Crippen LogP contribution in [0, 0.1) is 0 Å². The third-order valence-corrected chi connectivity index (χ3v) is 7.85. The lowest BCUT2D eigenvalue weighted by Gasteiger charge is -2.17. The third kappa shape index (κ3) is 3.65. The van der Waals surface area contributed by atoms with Crippen molar-refractivity contribution >= 4 is 49.0 Å². The van der Waals surface area contributed by atoms with Crippen molar-refractivity contribution in [2.75, 3.05) is 21.6 Å². The maximum atomic E-state index is 12.3. The van der Waals surface area contributed by atoms with E-state index < -0.39 is 37.7 Å². The minimum absolute atomic E-state index is 0.0224. The quantitative estimate of drug-likeness (QED) is 0.772. The van der Waals surface area contributed by atoms with Gasteiger partial charge >= 0.3 is 0 Å². The molecule has 1 atom stereocenters. The van der Waals surface area contributed by atoms with Crippen LogP contribution in [0.4, 0.5) is 5.69 Å². The van der Waals surface area contributed by atoms with Gasteiger partial charge in [-0.2, -0.15) is 0 Å². The van der Waals surface area contributed by atoms with Gasteiger partial charge < -0.3 is 5.32 Å². The predicted octanol–water partition coefficient (Wildman–Crippen LogP) is 0.323. The number of amides is 2. The molecule has 136 valence electrons. The van der Waals surface area contributed by atoms with Crippen LogP contribution in [0.3, 0.4) is 0 Å². The number of nitrogens with zero attached hydrogens (tertiary/aromatic N) is 1. The lowest BCUT2D eigenvalue weighted by atomic mass is 10.1. The average molecular weight is 407 g/mol. The van der Waals surface area contributed by atoms with Gasteiger partial charge in [-0.25, -0.2) is 21.1 Å². The SMILES string of the molecule is O=C(NC1CCS(=O)(=O)C1)c1ccc(N2C(=O)CCS2(=O)=O)cc1Cl. The second kappa shape index (κ2) is 6.26. The molecular formula is C14H15ClN2O6S2. The van der Waals surface area contributed by atoms with Crippen molar-refractivity contribution in [3.05, 3.63) is 28.8 Å². The molecule has 0 bridgehead atoms. The molecule has 0 saturated carbocycles. The summed E-state index contributed by atoms with van der Waals surface area (Å²) in [4.78, 5) is 24.0. The Balaban J connectivity index is 1.81. The minimum Gasteiger partial charge on any atom is -0.348 e. The zero-order chi connectivity index (χ0) is 18.4. The van der Waals surface area contributed by atoms with Gasteiger partial charge in [-0.1, -0.05) is 11.6 Å². The second-order valence-corrected chi connectivity index (χ2v) is 10.5. The van der Waals surface area contributed by atoms with E-state index in [2.05, 4.69) is 5.32 Å². The second-order valence-electron chi connectivity index (χ2n) is 5.96. The fraction of sp³-hybridized carbons (Fsp3) is 0.429. The van der Waals surface area contributed by atoms with E-state index in [4.69, 9.17) is 11.6 Å². The zero-order valence-electron chi connectivity index (χ0n) is 12.9. The monoisotopic (exact) mass is 406 g/mol. The number of rotatable bonds is 3. The van der Waals surface area contributed by atoms with E-state index in [1.807, 2.05) is 0 Å². The average Bonchev–Trinajstić information content (AvgIpc) is 2.97. The van der Waals surface area contributed by atoms with E-state index in [9.17, 15) is 26.4 Å². The van der Waals surface area contributed by atoms with E-state index in [1.165, 1.54) is 18.2 Å². The Morgan fingerprint density at radius 2 is 1.92 bits per heavy atom. The molecule has 0 radical (unpaired) electrons. The highest BCUT2D eigenvalue weighted by Crippen LogP contribution is 2.29. The topological polar surface area (TPSA) is 118 Å².